The third-order valence-electron chi connectivity index (χ3n) is 3.32. The molecule has 0 N–H and O–H groups in total. The monoisotopic (exact) mass is 399 g/mol. The minimum absolute atomic E-state index is 0.0468. The topological polar surface area (TPSA) is 128 Å². The number of amides is 1. The van der Waals surface area contributed by atoms with Crippen LogP contribution >= 0.6 is 0 Å². The number of sulfone groups is 1. The van der Waals surface area contributed by atoms with Crippen molar-refractivity contribution in [2.75, 3.05) is 19.7 Å². The van der Waals surface area contributed by atoms with Crippen molar-refractivity contribution in [1.82, 2.24) is 4.90 Å². The van der Waals surface area contributed by atoms with Crippen LogP contribution in [0.2, 0.25) is 0 Å². The lowest BCUT2D eigenvalue weighted by molar-refractivity contribution is -0.134. The van der Waals surface area contributed by atoms with Crippen LogP contribution < -0.4 is 0 Å². The fraction of sp³-hybridized carbons (Fsp3) is 0.375. The molecule has 1 aromatic rings. The molecule has 0 atom stereocenters. The van der Waals surface area contributed by atoms with Crippen molar-refractivity contribution in [3.63, 3.8) is 0 Å². The second-order valence-electron chi connectivity index (χ2n) is 5.10. The SMILES string of the molecule is N#CCCN(CCC#N)C(=O)COC(=O)c1ccc(S(=O)(=O)C(F)F)cc1. The Balaban J connectivity index is 2.72. The average molecular weight is 399 g/mol. The number of ether oxygens (including phenoxy) is 1. The minimum Gasteiger partial charge on any atom is -0.452 e. The summed E-state index contributed by atoms with van der Waals surface area (Å²) in [5.74, 6) is -5.14. The zero-order valence-corrected chi connectivity index (χ0v) is 14.8. The predicted molar refractivity (Wildman–Crippen MR) is 87.0 cm³/mol. The lowest BCUT2D eigenvalue weighted by atomic mass is 10.2. The van der Waals surface area contributed by atoms with Gasteiger partial charge in [0.05, 0.1) is 35.4 Å². The standard InChI is InChI=1S/C16H15F2N3O5S/c17-16(18)27(24,25)13-5-3-12(4-6-13)15(23)26-11-14(22)21(9-1-7-19)10-2-8-20/h3-6,16H,1-2,9-11H2. The molecule has 0 heterocycles. The summed E-state index contributed by atoms with van der Waals surface area (Å²) in [7, 11) is -4.77. The molecule has 27 heavy (non-hydrogen) atoms. The minimum atomic E-state index is -4.77. The van der Waals surface area contributed by atoms with E-state index in [1.165, 1.54) is 4.90 Å². The van der Waals surface area contributed by atoms with E-state index in [1.54, 1.807) is 0 Å². The van der Waals surface area contributed by atoms with Crippen LogP contribution in [0.15, 0.2) is 29.2 Å². The van der Waals surface area contributed by atoms with Crippen LogP contribution in [0, 0.1) is 22.7 Å². The normalized spacial score (nSPS) is 10.7. The third-order valence-corrected chi connectivity index (χ3v) is 4.72. The zero-order valence-electron chi connectivity index (χ0n) is 14.0. The molecule has 1 amide bonds. The number of halogens is 2. The van der Waals surface area contributed by atoms with Crippen molar-refractivity contribution in [3.8, 4) is 12.1 Å². The zero-order chi connectivity index (χ0) is 20.4. The fourth-order valence-corrected chi connectivity index (χ4v) is 2.64. The summed E-state index contributed by atoms with van der Waals surface area (Å²) in [6.07, 6.45) is 0.0936. The average Bonchev–Trinajstić information content (AvgIpc) is 2.65. The van der Waals surface area contributed by atoms with E-state index in [0.29, 0.717) is 0 Å². The number of hydrogen-bond donors (Lipinski definition) is 0. The lowest BCUT2D eigenvalue weighted by Gasteiger charge is -2.20. The summed E-state index contributed by atoms with van der Waals surface area (Å²) in [5, 5.41) is 17.1. The molecular weight excluding hydrogens is 384 g/mol. The van der Waals surface area contributed by atoms with Gasteiger partial charge in [-0.2, -0.15) is 19.3 Å². The van der Waals surface area contributed by atoms with Crippen LogP contribution in [0.4, 0.5) is 8.78 Å². The maximum atomic E-state index is 12.5. The first-order chi connectivity index (χ1) is 12.7. The van der Waals surface area contributed by atoms with Gasteiger partial charge in [-0.15, -0.1) is 0 Å². The molecule has 0 spiro atoms. The highest BCUT2D eigenvalue weighted by Gasteiger charge is 2.26. The molecule has 0 saturated carbocycles. The van der Waals surface area contributed by atoms with Crippen molar-refractivity contribution in [2.24, 2.45) is 0 Å². The highest BCUT2D eigenvalue weighted by molar-refractivity contribution is 7.91. The molecule has 11 heteroatoms. The van der Waals surface area contributed by atoms with Gasteiger partial charge in [0, 0.05) is 13.1 Å². The van der Waals surface area contributed by atoms with Crippen LogP contribution in [-0.4, -0.2) is 50.6 Å². The highest BCUT2D eigenvalue weighted by atomic mass is 32.2. The van der Waals surface area contributed by atoms with Gasteiger partial charge in [0.25, 0.3) is 5.91 Å². The molecule has 0 unspecified atom stereocenters. The van der Waals surface area contributed by atoms with E-state index in [0.717, 1.165) is 24.3 Å². The van der Waals surface area contributed by atoms with Gasteiger partial charge < -0.3 is 9.64 Å². The largest absolute Gasteiger partial charge is 0.452 e. The van der Waals surface area contributed by atoms with Crippen molar-refractivity contribution in [2.45, 2.75) is 23.5 Å². The Kier molecular flexibility index (Phi) is 8.30. The van der Waals surface area contributed by atoms with Gasteiger partial charge in [-0.1, -0.05) is 0 Å². The van der Waals surface area contributed by atoms with Gasteiger partial charge in [-0.3, -0.25) is 4.79 Å². The Morgan fingerprint density at radius 3 is 2.04 bits per heavy atom. The number of carbonyl (C=O) groups excluding carboxylic acids is 2. The number of rotatable bonds is 9. The van der Waals surface area contributed by atoms with Crippen LogP contribution in [0.3, 0.4) is 0 Å². The second kappa shape index (κ2) is 10.2. The Morgan fingerprint density at radius 2 is 1.59 bits per heavy atom. The molecule has 8 nitrogen and oxygen atoms in total. The summed E-state index contributed by atoms with van der Waals surface area (Å²) in [6, 6.07) is 7.38. The molecule has 0 aliphatic rings. The summed E-state index contributed by atoms with van der Waals surface area (Å²) in [6.45, 7) is -0.490. The molecule has 0 saturated heterocycles. The number of esters is 1. The fourth-order valence-electron chi connectivity index (χ4n) is 1.92. The molecular formula is C16H15F2N3O5S. The van der Waals surface area contributed by atoms with Crippen molar-refractivity contribution < 1.29 is 31.5 Å². The molecule has 1 aromatic carbocycles. The lowest BCUT2D eigenvalue weighted by Crippen LogP contribution is -2.36. The summed E-state index contributed by atoms with van der Waals surface area (Å²) < 4.78 is 52.4. The second-order valence-corrected chi connectivity index (χ2v) is 7.02. The predicted octanol–water partition coefficient (Wildman–Crippen LogP) is 1.50. The van der Waals surface area contributed by atoms with E-state index >= 15 is 0 Å². The van der Waals surface area contributed by atoms with E-state index in [2.05, 4.69) is 0 Å². The maximum Gasteiger partial charge on any atom is 0.341 e. The Hall–Kier alpha value is -3.05. The number of hydrogen-bond acceptors (Lipinski definition) is 7. The number of alkyl halides is 2. The van der Waals surface area contributed by atoms with Gasteiger partial charge in [0.1, 0.15) is 0 Å². The van der Waals surface area contributed by atoms with E-state index in [4.69, 9.17) is 15.3 Å². The number of nitrogens with zero attached hydrogens (tertiary/aromatic N) is 3. The maximum absolute atomic E-state index is 12.5. The molecule has 0 radical (unpaired) electrons. The Labute approximate surface area is 154 Å². The van der Waals surface area contributed by atoms with Crippen LogP contribution in [0.5, 0.6) is 0 Å². The number of benzene rings is 1. The van der Waals surface area contributed by atoms with Crippen LogP contribution in [0.1, 0.15) is 23.2 Å². The summed E-state index contributed by atoms with van der Waals surface area (Å²) in [4.78, 5) is 24.5. The number of nitriles is 2. The smallest absolute Gasteiger partial charge is 0.341 e. The molecule has 0 aromatic heterocycles. The molecule has 1 rings (SSSR count). The van der Waals surface area contributed by atoms with E-state index in [-0.39, 0.29) is 31.5 Å². The van der Waals surface area contributed by atoms with Gasteiger partial charge >= 0.3 is 11.7 Å². The van der Waals surface area contributed by atoms with Gasteiger partial charge in [0.2, 0.25) is 9.84 Å². The quantitative estimate of drug-likeness (QED) is 0.575. The molecule has 144 valence electrons. The van der Waals surface area contributed by atoms with Crippen molar-refractivity contribution in [1.29, 1.82) is 10.5 Å². The van der Waals surface area contributed by atoms with Crippen LogP contribution in [-0.2, 0) is 19.4 Å². The molecule has 0 fully saturated rings. The molecule has 0 aliphatic heterocycles. The summed E-state index contributed by atoms with van der Waals surface area (Å²) >= 11 is 0. The highest BCUT2D eigenvalue weighted by Crippen LogP contribution is 2.18. The summed E-state index contributed by atoms with van der Waals surface area (Å²) in [5.41, 5.74) is -0.128. The first-order valence-corrected chi connectivity index (χ1v) is 9.09. The van der Waals surface area contributed by atoms with E-state index in [9.17, 15) is 26.8 Å². The number of carbonyl (C=O) groups is 2. The molecule has 0 bridgehead atoms. The molecule has 0 aliphatic carbocycles. The van der Waals surface area contributed by atoms with Gasteiger partial charge in [0.15, 0.2) is 6.61 Å². The van der Waals surface area contributed by atoms with E-state index in [1.807, 2.05) is 12.1 Å². The first-order valence-electron chi connectivity index (χ1n) is 7.55. The first kappa shape index (κ1) is 22.0. The Bertz CT molecular complexity index is 840. The van der Waals surface area contributed by atoms with Gasteiger partial charge in [-0.25, -0.2) is 13.2 Å². The third kappa shape index (κ3) is 6.31. The van der Waals surface area contributed by atoms with E-state index < -0.39 is 39.0 Å². The van der Waals surface area contributed by atoms with Crippen LogP contribution in [0.25, 0.3) is 0 Å². The Morgan fingerprint density at radius 1 is 1.07 bits per heavy atom. The van der Waals surface area contributed by atoms with Crippen molar-refractivity contribution in [3.05, 3.63) is 29.8 Å². The van der Waals surface area contributed by atoms with Gasteiger partial charge in [-0.05, 0) is 24.3 Å². The van der Waals surface area contributed by atoms with Crippen molar-refractivity contribution >= 4 is 21.7 Å².